The summed E-state index contributed by atoms with van der Waals surface area (Å²) >= 11 is 2.99. The minimum absolute atomic E-state index is 0.0927. The molecule has 0 amide bonds. The van der Waals surface area contributed by atoms with Crippen molar-refractivity contribution in [2.24, 2.45) is 0 Å². The third-order valence-electron chi connectivity index (χ3n) is 1.91. The minimum atomic E-state index is -0.536. The van der Waals surface area contributed by atoms with Gasteiger partial charge in [0.1, 0.15) is 4.48 Å². The van der Waals surface area contributed by atoms with Crippen LogP contribution in [0.15, 0.2) is 10.6 Å². The first kappa shape index (κ1) is 16.2. The smallest absolute Gasteiger partial charge is 0.345 e. The van der Waals surface area contributed by atoms with Crippen molar-refractivity contribution >= 4 is 27.9 Å². The Morgan fingerprint density at radius 2 is 1.59 bits per heavy atom. The number of hydrogen-bond donors (Lipinski definition) is 0. The quantitative estimate of drug-likeness (QED) is 0.393. The summed E-state index contributed by atoms with van der Waals surface area (Å²) in [5.74, 6) is -1.07. The van der Waals surface area contributed by atoms with Gasteiger partial charge in [0.15, 0.2) is 0 Å². The first-order valence-corrected chi connectivity index (χ1v) is 6.62. The summed E-state index contributed by atoms with van der Waals surface area (Å²) in [4.78, 5) is 22.6. The van der Waals surface area contributed by atoms with Gasteiger partial charge in [-0.25, -0.2) is 9.59 Å². The van der Waals surface area contributed by atoms with Crippen LogP contribution in [0.4, 0.5) is 0 Å². The van der Waals surface area contributed by atoms with Gasteiger partial charge in [0.2, 0.25) is 0 Å². The van der Waals surface area contributed by atoms with Crippen LogP contribution in [0.3, 0.4) is 0 Å². The molecule has 0 rings (SSSR count). The fraction of sp³-hybridized carbons (Fsp3) is 0.667. The van der Waals surface area contributed by atoms with Crippen LogP contribution in [0.25, 0.3) is 0 Å². The van der Waals surface area contributed by atoms with E-state index in [0.29, 0.717) is 13.2 Å². The predicted molar refractivity (Wildman–Crippen MR) is 68.7 cm³/mol. The number of esters is 2. The van der Waals surface area contributed by atoms with Crippen molar-refractivity contribution in [3.05, 3.63) is 10.6 Å². The second-order valence-corrected chi connectivity index (χ2v) is 4.36. The van der Waals surface area contributed by atoms with E-state index >= 15 is 0 Å². The number of carbonyl (C=O) groups is 2. The van der Waals surface area contributed by atoms with Gasteiger partial charge in [-0.2, -0.15) is 0 Å². The average Bonchev–Trinajstić information content (AvgIpc) is 2.29. The summed E-state index contributed by atoms with van der Waals surface area (Å²) in [5, 5.41) is 0. The Morgan fingerprint density at radius 1 is 1.06 bits per heavy atom. The van der Waals surface area contributed by atoms with Crippen molar-refractivity contribution in [2.75, 3.05) is 13.2 Å². The van der Waals surface area contributed by atoms with E-state index in [-0.39, 0.29) is 4.48 Å². The average molecular weight is 307 g/mol. The van der Waals surface area contributed by atoms with Crippen molar-refractivity contribution < 1.29 is 19.1 Å². The largest absolute Gasteiger partial charge is 0.462 e. The monoisotopic (exact) mass is 306 g/mol. The Kier molecular flexibility index (Phi) is 9.81. The molecule has 0 spiro atoms. The maximum absolute atomic E-state index is 11.3. The zero-order valence-corrected chi connectivity index (χ0v) is 11.9. The zero-order valence-electron chi connectivity index (χ0n) is 10.3. The van der Waals surface area contributed by atoms with E-state index in [9.17, 15) is 9.59 Å². The van der Waals surface area contributed by atoms with E-state index in [1.807, 2.05) is 13.8 Å². The maximum atomic E-state index is 11.3. The molecule has 0 aliphatic carbocycles. The normalized spacial score (nSPS) is 11.1. The topological polar surface area (TPSA) is 52.6 Å². The van der Waals surface area contributed by atoms with Crippen LogP contribution in [0, 0.1) is 0 Å². The Balaban J connectivity index is 3.96. The number of halogens is 1. The van der Waals surface area contributed by atoms with E-state index in [1.54, 1.807) is 0 Å². The number of rotatable bonds is 8. The van der Waals surface area contributed by atoms with E-state index in [0.717, 1.165) is 31.8 Å². The predicted octanol–water partition coefficient (Wildman–Crippen LogP) is 2.95. The summed E-state index contributed by atoms with van der Waals surface area (Å²) in [6, 6.07) is 0. The lowest BCUT2D eigenvalue weighted by atomic mass is 10.4. The van der Waals surface area contributed by atoms with Crippen molar-refractivity contribution in [2.45, 2.75) is 39.5 Å². The van der Waals surface area contributed by atoms with Gasteiger partial charge in [0, 0.05) is 6.08 Å². The molecule has 0 aliphatic rings. The summed E-state index contributed by atoms with van der Waals surface area (Å²) in [6.45, 7) is 4.74. The molecule has 0 aromatic carbocycles. The summed E-state index contributed by atoms with van der Waals surface area (Å²) in [5.41, 5.74) is 0. The highest BCUT2D eigenvalue weighted by Crippen LogP contribution is 2.08. The zero-order chi connectivity index (χ0) is 13.1. The highest BCUT2D eigenvalue weighted by molar-refractivity contribution is 9.12. The van der Waals surface area contributed by atoms with Crippen molar-refractivity contribution in [3.8, 4) is 0 Å². The van der Waals surface area contributed by atoms with Gasteiger partial charge >= 0.3 is 11.9 Å². The SMILES string of the molecule is CCCCOC(=O)/C=C(/Br)C(=O)OCCCC. The number of hydrogen-bond acceptors (Lipinski definition) is 4. The third kappa shape index (κ3) is 8.92. The molecule has 0 saturated heterocycles. The fourth-order valence-electron chi connectivity index (χ4n) is 0.899. The van der Waals surface area contributed by atoms with E-state index < -0.39 is 11.9 Å². The van der Waals surface area contributed by atoms with Crippen LogP contribution < -0.4 is 0 Å². The molecular formula is C12H19BrO4. The molecule has 4 nitrogen and oxygen atoms in total. The second kappa shape index (κ2) is 10.3. The molecule has 0 fully saturated rings. The summed E-state index contributed by atoms with van der Waals surface area (Å²) < 4.78 is 9.88. The molecule has 0 unspecified atom stereocenters. The molecule has 0 saturated carbocycles. The van der Waals surface area contributed by atoms with Gasteiger partial charge < -0.3 is 9.47 Å². The molecule has 0 aliphatic heterocycles. The molecule has 0 heterocycles. The van der Waals surface area contributed by atoms with Crippen LogP contribution in [-0.2, 0) is 19.1 Å². The maximum Gasteiger partial charge on any atom is 0.345 e. The fourth-order valence-corrected chi connectivity index (χ4v) is 1.20. The lowest BCUT2D eigenvalue weighted by molar-refractivity contribution is -0.140. The molecule has 0 bridgehead atoms. The Labute approximate surface area is 110 Å². The molecule has 0 radical (unpaired) electrons. The van der Waals surface area contributed by atoms with Crippen LogP contribution in [0.2, 0.25) is 0 Å². The third-order valence-corrected chi connectivity index (χ3v) is 2.47. The first-order valence-electron chi connectivity index (χ1n) is 5.82. The molecule has 5 heteroatoms. The Hall–Kier alpha value is -0.840. The van der Waals surface area contributed by atoms with Crippen LogP contribution in [0.1, 0.15) is 39.5 Å². The summed E-state index contributed by atoms with van der Waals surface area (Å²) in [6.07, 6.45) is 4.64. The van der Waals surface area contributed by atoms with Crippen molar-refractivity contribution in [1.29, 1.82) is 0 Å². The number of ether oxygens (including phenoxy) is 2. The molecule has 0 atom stereocenters. The minimum Gasteiger partial charge on any atom is -0.462 e. The summed E-state index contributed by atoms with van der Waals surface area (Å²) in [7, 11) is 0. The molecular weight excluding hydrogens is 288 g/mol. The van der Waals surface area contributed by atoms with Crippen LogP contribution >= 0.6 is 15.9 Å². The van der Waals surface area contributed by atoms with Gasteiger partial charge in [-0.1, -0.05) is 26.7 Å². The highest BCUT2D eigenvalue weighted by atomic mass is 79.9. The molecule has 98 valence electrons. The van der Waals surface area contributed by atoms with Crippen molar-refractivity contribution in [1.82, 2.24) is 0 Å². The Bertz CT molecular complexity index is 274. The molecule has 0 aromatic heterocycles. The standard InChI is InChI=1S/C12H19BrO4/c1-3-5-7-16-11(14)9-10(13)12(15)17-8-6-4-2/h9H,3-8H2,1-2H3/b10-9+. The van der Waals surface area contributed by atoms with Gasteiger partial charge in [-0.05, 0) is 28.8 Å². The van der Waals surface area contributed by atoms with Gasteiger partial charge in [-0.15, -0.1) is 0 Å². The first-order chi connectivity index (χ1) is 8.11. The van der Waals surface area contributed by atoms with E-state index in [4.69, 9.17) is 9.47 Å². The number of unbranched alkanes of at least 4 members (excludes halogenated alkanes) is 2. The Morgan fingerprint density at radius 3 is 2.12 bits per heavy atom. The van der Waals surface area contributed by atoms with E-state index in [1.165, 1.54) is 0 Å². The van der Waals surface area contributed by atoms with Gasteiger partial charge in [0.25, 0.3) is 0 Å². The van der Waals surface area contributed by atoms with Crippen LogP contribution in [0.5, 0.6) is 0 Å². The van der Waals surface area contributed by atoms with E-state index in [2.05, 4.69) is 15.9 Å². The highest BCUT2D eigenvalue weighted by Gasteiger charge is 2.10. The van der Waals surface area contributed by atoms with Crippen LogP contribution in [-0.4, -0.2) is 25.2 Å². The van der Waals surface area contributed by atoms with Crippen molar-refractivity contribution in [3.63, 3.8) is 0 Å². The van der Waals surface area contributed by atoms with Gasteiger partial charge in [-0.3, -0.25) is 0 Å². The number of carbonyl (C=O) groups excluding carboxylic acids is 2. The lowest BCUT2D eigenvalue weighted by Crippen LogP contribution is -2.09. The molecule has 0 aromatic rings. The van der Waals surface area contributed by atoms with Gasteiger partial charge in [0.05, 0.1) is 13.2 Å². The molecule has 0 N–H and O–H groups in total. The molecule has 17 heavy (non-hydrogen) atoms. The second-order valence-electron chi connectivity index (χ2n) is 3.50. The lowest BCUT2D eigenvalue weighted by Gasteiger charge is -2.03.